The molecule has 9 nitrogen and oxygen atoms in total. The molecule has 0 amide bonds. The highest BCUT2D eigenvalue weighted by molar-refractivity contribution is 5.19. The maximum atomic E-state index is 5.44. The van der Waals surface area contributed by atoms with Crippen LogP contribution in [0.2, 0.25) is 0 Å². The van der Waals surface area contributed by atoms with Crippen LogP contribution < -0.4 is 0 Å². The SMILES string of the molecule is C.C.C.C.CC(C)(C)c1cc(C(C)(C)C)on1.CC(C)(C)c1cc(C(C)(C)C)on1.CC(C)(C)c1coc(C(C)(C)C)n1.CC(C)(C)c1noc(C(C)(C)C)n1. The van der Waals surface area contributed by atoms with Gasteiger partial charge in [0, 0.05) is 55.5 Å². The van der Waals surface area contributed by atoms with Gasteiger partial charge in [0.2, 0.25) is 5.89 Å². The highest BCUT2D eigenvalue weighted by Gasteiger charge is 2.28. The highest BCUT2D eigenvalue weighted by Crippen LogP contribution is 2.30. The Kier molecular flexibility index (Phi) is 21.7. The maximum absolute atomic E-state index is 5.44. The molecule has 56 heavy (non-hydrogen) atoms. The minimum Gasteiger partial charge on any atom is -0.448 e. The Hall–Kier alpha value is -3.23. The van der Waals surface area contributed by atoms with Crippen LogP contribution in [0.5, 0.6) is 0 Å². The summed E-state index contributed by atoms with van der Waals surface area (Å²) >= 11 is 0. The quantitative estimate of drug-likeness (QED) is 0.172. The largest absolute Gasteiger partial charge is 0.448 e. The summed E-state index contributed by atoms with van der Waals surface area (Å²) in [6.07, 6.45) is 1.76. The molecule has 0 unspecified atom stereocenters. The second kappa shape index (κ2) is 20.5. The van der Waals surface area contributed by atoms with E-state index in [1.165, 1.54) is 0 Å². The third-order valence-corrected chi connectivity index (χ3v) is 7.69. The minimum atomic E-state index is -0.0590. The molecule has 0 aliphatic heterocycles. The summed E-state index contributed by atoms with van der Waals surface area (Å²) in [5, 5.41) is 12.1. The fourth-order valence-corrected chi connectivity index (χ4v) is 3.76. The molecule has 0 spiro atoms. The Morgan fingerprint density at radius 3 is 0.839 bits per heavy atom. The van der Waals surface area contributed by atoms with Crippen molar-refractivity contribution >= 4 is 0 Å². The topological polar surface area (TPSA) is 117 Å². The molecule has 328 valence electrons. The van der Waals surface area contributed by atoms with Crippen molar-refractivity contribution < 1.29 is 18.0 Å². The zero-order valence-corrected chi connectivity index (χ0v) is 37.6. The van der Waals surface area contributed by atoms with Gasteiger partial charge in [-0.3, -0.25) is 0 Å². The third-order valence-electron chi connectivity index (χ3n) is 7.69. The third kappa shape index (κ3) is 19.3. The van der Waals surface area contributed by atoms with Gasteiger partial charge in [-0.25, -0.2) is 4.98 Å². The van der Waals surface area contributed by atoms with E-state index < -0.39 is 0 Å². The van der Waals surface area contributed by atoms with Crippen LogP contribution in [0, 0.1) is 0 Å². The molecule has 0 saturated carbocycles. The van der Waals surface area contributed by atoms with Crippen molar-refractivity contribution in [1.29, 1.82) is 0 Å². The first kappa shape index (κ1) is 59.5. The van der Waals surface area contributed by atoms with Gasteiger partial charge >= 0.3 is 0 Å². The van der Waals surface area contributed by atoms with Crippen molar-refractivity contribution in [3.05, 3.63) is 64.6 Å². The standard InChI is InChI=1S/3C11H19NO.C10H18N2O.4CH4/c1-10(2,3)8-7-13-9(12-8)11(4,5)6;2*1-10(2,3)8-7-9(13-12-8)11(4,5)6;1-9(2,3)7-11-8(13-12-7)10(4,5)6;;;;/h3*7H,1-6H3;1-6H3;4*1H4. The van der Waals surface area contributed by atoms with E-state index >= 15 is 0 Å². The molecule has 4 rings (SSSR count). The van der Waals surface area contributed by atoms with Crippen LogP contribution in [-0.4, -0.2) is 25.4 Å². The predicted molar refractivity (Wildman–Crippen MR) is 240 cm³/mol. The molecule has 0 saturated heterocycles. The van der Waals surface area contributed by atoms with Crippen molar-refractivity contribution in [3.8, 4) is 0 Å². The van der Waals surface area contributed by atoms with Gasteiger partial charge in [-0.05, 0) is 0 Å². The monoisotopic (exact) mass is 790 g/mol. The molecule has 4 aromatic rings. The van der Waals surface area contributed by atoms with E-state index in [-0.39, 0.29) is 73.0 Å². The second-order valence-electron chi connectivity index (χ2n) is 22.1. The van der Waals surface area contributed by atoms with Gasteiger partial charge in [-0.2, -0.15) is 4.98 Å². The number of hydrogen-bond acceptors (Lipinski definition) is 9. The van der Waals surface area contributed by atoms with E-state index in [9.17, 15) is 0 Å². The Morgan fingerprint density at radius 2 is 0.679 bits per heavy atom. The van der Waals surface area contributed by atoms with Crippen molar-refractivity contribution in [1.82, 2.24) is 25.4 Å². The van der Waals surface area contributed by atoms with Crippen LogP contribution in [0.4, 0.5) is 0 Å². The van der Waals surface area contributed by atoms with Gasteiger partial charge in [-0.15, -0.1) is 0 Å². The molecule has 0 N–H and O–H groups in total. The number of nitrogens with zero attached hydrogens (tertiary/aromatic N) is 5. The summed E-state index contributed by atoms with van der Waals surface area (Å²) in [6, 6.07) is 4.11. The molecule has 4 heterocycles. The first-order chi connectivity index (χ1) is 22.8. The molecule has 9 heteroatoms. The van der Waals surface area contributed by atoms with Crippen molar-refractivity contribution in [3.63, 3.8) is 0 Å². The zero-order valence-electron chi connectivity index (χ0n) is 37.6. The van der Waals surface area contributed by atoms with Crippen LogP contribution in [-0.2, 0) is 43.3 Å². The van der Waals surface area contributed by atoms with Crippen molar-refractivity contribution in [2.45, 2.75) is 239 Å². The summed E-state index contributed by atoms with van der Waals surface area (Å²) < 4.78 is 21.3. The zero-order chi connectivity index (χ0) is 41.1. The molecular weight excluding hydrogens is 699 g/mol. The molecule has 0 aromatic carbocycles. The number of oxazole rings is 1. The Balaban J connectivity index is -0.000000314. The van der Waals surface area contributed by atoms with Crippen molar-refractivity contribution in [2.24, 2.45) is 0 Å². The number of aromatic nitrogens is 5. The van der Waals surface area contributed by atoms with Gasteiger partial charge in [0.15, 0.2) is 11.7 Å². The molecule has 0 aliphatic rings. The van der Waals surface area contributed by atoms with Crippen LogP contribution in [0.15, 0.2) is 36.4 Å². The molecule has 4 aromatic heterocycles. The summed E-state index contributed by atoms with van der Waals surface area (Å²) in [6.45, 7) is 50.7. The Morgan fingerprint density at radius 1 is 0.339 bits per heavy atom. The van der Waals surface area contributed by atoms with E-state index in [0.29, 0.717) is 5.89 Å². The molecule has 0 bridgehead atoms. The fourth-order valence-electron chi connectivity index (χ4n) is 3.76. The first-order valence-electron chi connectivity index (χ1n) is 18.6. The minimum absolute atomic E-state index is 0. The van der Waals surface area contributed by atoms with Crippen molar-refractivity contribution in [2.75, 3.05) is 0 Å². The fraction of sp³-hybridized carbons (Fsp3) is 0.766. The summed E-state index contributed by atoms with van der Waals surface area (Å²) in [5.41, 5.74) is 3.32. The van der Waals surface area contributed by atoms with Crippen LogP contribution in [0.3, 0.4) is 0 Å². The van der Waals surface area contributed by atoms with Gasteiger partial charge in [0.25, 0.3) is 0 Å². The highest BCUT2D eigenvalue weighted by atomic mass is 16.5. The maximum Gasteiger partial charge on any atom is 0.232 e. The van der Waals surface area contributed by atoms with Gasteiger partial charge in [0.05, 0.1) is 17.1 Å². The lowest BCUT2D eigenvalue weighted by Crippen LogP contribution is -2.15. The van der Waals surface area contributed by atoms with Crippen LogP contribution >= 0.6 is 0 Å². The summed E-state index contributed by atoms with van der Waals surface area (Å²) in [4.78, 5) is 8.86. The summed E-state index contributed by atoms with van der Waals surface area (Å²) in [5.74, 6) is 4.21. The molecule has 0 radical (unpaired) electrons. The Labute approximate surface area is 346 Å². The van der Waals surface area contributed by atoms with Gasteiger partial charge < -0.3 is 18.0 Å². The van der Waals surface area contributed by atoms with Crippen LogP contribution in [0.25, 0.3) is 0 Å². The van der Waals surface area contributed by atoms with Gasteiger partial charge in [-0.1, -0.05) is 211 Å². The van der Waals surface area contributed by atoms with Crippen LogP contribution in [0.1, 0.15) is 242 Å². The Bertz CT molecular complexity index is 1280. The van der Waals surface area contributed by atoms with E-state index in [2.05, 4.69) is 204 Å². The molecular formula is C47H91N5O4. The normalized spacial score (nSPS) is 12.4. The lowest BCUT2D eigenvalue weighted by molar-refractivity contribution is 0.314. The van der Waals surface area contributed by atoms with E-state index in [1.807, 2.05) is 0 Å². The molecule has 0 fully saturated rings. The lowest BCUT2D eigenvalue weighted by Gasteiger charge is -2.15. The van der Waals surface area contributed by atoms with E-state index in [1.54, 1.807) is 6.26 Å². The second-order valence-corrected chi connectivity index (χ2v) is 22.1. The molecule has 0 aliphatic carbocycles. The summed E-state index contributed by atoms with van der Waals surface area (Å²) in [7, 11) is 0. The number of hydrogen-bond donors (Lipinski definition) is 0. The average molecular weight is 790 g/mol. The first-order valence-corrected chi connectivity index (χ1v) is 18.6. The van der Waals surface area contributed by atoms with E-state index in [0.717, 1.165) is 40.3 Å². The predicted octanol–water partition coefficient (Wildman–Crippen LogP) is 15.0. The average Bonchev–Trinajstić information content (AvgIpc) is 3.72. The number of rotatable bonds is 0. The van der Waals surface area contributed by atoms with Gasteiger partial charge in [0.1, 0.15) is 17.8 Å². The van der Waals surface area contributed by atoms with E-state index in [4.69, 9.17) is 18.0 Å². The molecule has 0 atom stereocenters. The lowest BCUT2D eigenvalue weighted by atomic mass is 9.88. The smallest absolute Gasteiger partial charge is 0.232 e.